The molecule has 2 aromatic rings. The number of halogens is 1. The van der Waals surface area contributed by atoms with Gasteiger partial charge in [0.1, 0.15) is 0 Å². The summed E-state index contributed by atoms with van der Waals surface area (Å²) in [5, 5.41) is 8.37. The number of hydrogen-bond donors (Lipinski definition) is 2. The molecule has 2 unspecified atom stereocenters. The van der Waals surface area contributed by atoms with Gasteiger partial charge in [-0.1, -0.05) is 37.3 Å². The number of carbonyl (C=O) groups is 1. The van der Waals surface area contributed by atoms with E-state index >= 15 is 0 Å². The maximum Gasteiger partial charge on any atom is 0.224 e. The Bertz CT molecular complexity index is 600. The molecule has 0 spiro atoms. The van der Waals surface area contributed by atoms with Crippen molar-refractivity contribution in [1.82, 2.24) is 10.6 Å². The van der Waals surface area contributed by atoms with Gasteiger partial charge in [-0.15, -0.1) is 23.7 Å². The Morgan fingerprint density at radius 2 is 1.91 bits per heavy atom. The van der Waals surface area contributed by atoms with E-state index in [2.05, 4.69) is 41.1 Å². The van der Waals surface area contributed by atoms with Crippen molar-refractivity contribution in [3.05, 3.63) is 57.8 Å². The molecule has 1 aromatic carbocycles. The maximum atomic E-state index is 12.4. The molecule has 0 fully saturated rings. The maximum absolute atomic E-state index is 12.4. The summed E-state index contributed by atoms with van der Waals surface area (Å²) < 4.78 is 0. The second kappa shape index (κ2) is 9.71. The van der Waals surface area contributed by atoms with Crippen molar-refractivity contribution in [3.8, 4) is 0 Å². The molecular weight excluding hydrogens is 328 g/mol. The first-order valence-corrected chi connectivity index (χ1v) is 8.52. The van der Waals surface area contributed by atoms with E-state index < -0.39 is 0 Å². The zero-order valence-corrected chi connectivity index (χ0v) is 15.5. The van der Waals surface area contributed by atoms with Crippen LogP contribution in [0.1, 0.15) is 29.0 Å². The molecular formula is C18H25ClN2OS. The summed E-state index contributed by atoms with van der Waals surface area (Å²) in [6.07, 6.45) is 0.820. The van der Waals surface area contributed by atoms with Crippen molar-refractivity contribution in [2.45, 2.75) is 26.3 Å². The average Bonchev–Trinajstić information content (AvgIpc) is 2.94. The molecule has 0 aliphatic carbocycles. The summed E-state index contributed by atoms with van der Waals surface area (Å²) in [5.41, 5.74) is 2.48. The average molecular weight is 353 g/mol. The van der Waals surface area contributed by atoms with Crippen LogP contribution in [0.15, 0.2) is 41.8 Å². The Labute approximate surface area is 148 Å². The highest BCUT2D eigenvalue weighted by Gasteiger charge is 2.21. The summed E-state index contributed by atoms with van der Waals surface area (Å²) in [6, 6.07) is 12.5. The first-order chi connectivity index (χ1) is 10.6. The first-order valence-electron chi connectivity index (χ1n) is 7.64. The number of nitrogens with one attached hydrogen (secondary N) is 2. The molecule has 0 aliphatic rings. The fourth-order valence-electron chi connectivity index (χ4n) is 2.51. The molecule has 0 radical (unpaired) electrons. The third kappa shape index (κ3) is 5.65. The standard InChI is InChI=1S/C18H24N2OS.ClH/c1-13-9-10-22-17(13)16(11-15-7-5-4-6-8-15)20-18(21)14(2)12-19-3;/h4-10,14,16,19H,11-12H2,1-3H3,(H,20,21);1H. The molecule has 5 heteroatoms. The third-order valence-corrected chi connectivity index (χ3v) is 4.91. The quantitative estimate of drug-likeness (QED) is 0.797. The highest BCUT2D eigenvalue weighted by molar-refractivity contribution is 7.10. The molecule has 23 heavy (non-hydrogen) atoms. The lowest BCUT2D eigenvalue weighted by atomic mass is 10.0. The Balaban J connectivity index is 0.00000264. The predicted octanol–water partition coefficient (Wildman–Crippen LogP) is 3.73. The highest BCUT2D eigenvalue weighted by Crippen LogP contribution is 2.27. The van der Waals surface area contributed by atoms with Crippen LogP contribution in [0.4, 0.5) is 0 Å². The van der Waals surface area contributed by atoms with Crippen LogP contribution >= 0.6 is 23.7 Å². The van der Waals surface area contributed by atoms with Gasteiger partial charge in [0.25, 0.3) is 0 Å². The fourth-order valence-corrected chi connectivity index (χ4v) is 3.49. The molecule has 2 rings (SSSR count). The van der Waals surface area contributed by atoms with E-state index in [1.54, 1.807) is 11.3 Å². The summed E-state index contributed by atoms with van der Waals surface area (Å²) in [6.45, 7) is 4.74. The van der Waals surface area contributed by atoms with Crippen LogP contribution in [0, 0.1) is 12.8 Å². The fraction of sp³-hybridized carbons (Fsp3) is 0.389. The van der Waals surface area contributed by atoms with Crippen LogP contribution in [0.25, 0.3) is 0 Å². The zero-order valence-electron chi connectivity index (χ0n) is 13.8. The molecule has 3 nitrogen and oxygen atoms in total. The topological polar surface area (TPSA) is 41.1 Å². The molecule has 0 saturated carbocycles. The number of rotatable bonds is 7. The van der Waals surface area contributed by atoms with Crippen LogP contribution in [0.2, 0.25) is 0 Å². The van der Waals surface area contributed by atoms with Gasteiger partial charge >= 0.3 is 0 Å². The van der Waals surface area contributed by atoms with E-state index in [0.29, 0.717) is 6.54 Å². The number of thiophene rings is 1. The van der Waals surface area contributed by atoms with E-state index in [1.165, 1.54) is 16.0 Å². The van der Waals surface area contributed by atoms with Gasteiger partial charge in [0.05, 0.1) is 6.04 Å². The number of carbonyl (C=O) groups excluding carboxylic acids is 1. The Morgan fingerprint density at radius 1 is 1.22 bits per heavy atom. The SMILES string of the molecule is CNCC(C)C(=O)NC(Cc1ccccc1)c1sccc1C.Cl. The van der Waals surface area contributed by atoms with Crippen molar-refractivity contribution in [3.63, 3.8) is 0 Å². The summed E-state index contributed by atoms with van der Waals surface area (Å²) in [7, 11) is 1.87. The normalized spacial score (nSPS) is 13.0. The Morgan fingerprint density at radius 3 is 2.48 bits per heavy atom. The second-order valence-corrected chi connectivity index (χ2v) is 6.63. The van der Waals surface area contributed by atoms with Gasteiger partial charge in [0, 0.05) is 17.3 Å². The Hall–Kier alpha value is -1.36. The van der Waals surface area contributed by atoms with E-state index in [4.69, 9.17) is 0 Å². The smallest absolute Gasteiger partial charge is 0.224 e. The number of amides is 1. The van der Waals surface area contributed by atoms with Crippen molar-refractivity contribution in [2.75, 3.05) is 13.6 Å². The van der Waals surface area contributed by atoms with Gasteiger partial charge in [-0.3, -0.25) is 4.79 Å². The number of aryl methyl sites for hydroxylation is 1. The van der Waals surface area contributed by atoms with Gasteiger partial charge in [-0.05, 0) is 43.0 Å². The largest absolute Gasteiger partial charge is 0.348 e. The molecule has 2 atom stereocenters. The minimum atomic E-state index is -0.0384. The van der Waals surface area contributed by atoms with Crippen LogP contribution in [0.3, 0.4) is 0 Å². The molecule has 1 amide bonds. The van der Waals surface area contributed by atoms with Gasteiger partial charge in [-0.25, -0.2) is 0 Å². The van der Waals surface area contributed by atoms with Gasteiger partial charge < -0.3 is 10.6 Å². The molecule has 1 heterocycles. The number of hydrogen-bond acceptors (Lipinski definition) is 3. The zero-order chi connectivity index (χ0) is 15.9. The lowest BCUT2D eigenvalue weighted by molar-refractivity contribution is -0.125. The molecule has 1 aromatic heterocycles. The highest BCUT2D eigenvalue weighted by atomic mass is 35.5. The lowest BCUT2D eigenvalue weighted by Crippen LogP contribution is -2.37. The number of benzene rings is 1. The van der Waals surface area contributed by atoms with Crippen molar-refractivity contribution in [2.24, 2.45) is 5.92 Å². The Kier molecular flexibility index (Phi) is 8.31. The minimum Gasteiger partial charge on any atom is -0.348 e. The van der Waals surface area contributed by atoms with E-state index in [-0.39, 0.29) is 30.3 Å². The van der Waals surface area contributed by atoms with Crippen molar-refractivity contribution < 1.29 is 4.79 Å². The van der Waals surface area contributed by atoms with Crippen LogP contribution in [-0.2, 0) is 11.2 Å². The second-order valence-electron chi connectivity index (χ2n) is 5.68. The monoisotopic (exact) mass is 352 g/mol. The molecule has 126 valence electrons. The molecule has 0 saturated heterocycles. The van der Waals surface area contributed by atoms with Crippen LogP contribution in [-0.4, -0.2) is 19.5 Å². The van der Waals surface area contributed by atoms with Crippen molar-refractivity contribution >= 4 is 29.7 Å². The molecule has 0 bridgehead atoms. The van der Waals surface area contributed by atoms with Gasteiger partial charge in [-0.2, -0.15) is 0 Å². The van der Waals surface area contributed by atoms with Crippen molar-refractivity contribution in [1.29, 1.82) is 0 Å². The van der Waals surface area contributed by atoms with E-state index in [9.17, 15) is 4.79 Å². The minimum absolute atomic E-state index is 0. The van der Waals surface area contributed by atoms with Crippen LogP contribution < -0.4 is 10.6 Å². The molecule has 0 aliphatic heterocycles. The summed E-state index contributed by atoms with van der Waals surface area (Å²) in [5.74, 6) is 0.0617. The lowest BCUT2D eigenvalue weighted by Gasteiger charge is -2.21. The van der Waals surface area contributed by atoms with E-state index in [0.717, 1.165) is 6.42 Å². The first kappa shape index (κ1) is 19.7. The summed E-state index contributed by atoms with van der Waals surface area (Å²) >= 11 is 1.71. The summed E-state index contributed by atoms with van der Waals surface area (Å²) in [4.78, 5) is 13.6. The van der Waals surface area contributed by atoms with Crippen LogP contribution in [0.5, 0.6) is 0 Å². The molecule has 2 N–H and O–H groups in total. The van der Waals surface area contributed by atoms with Gasteiger partial charge in [0.15, 0.2) is 0 Å². The van der Waals surface area contributed by atoms with Gasteiger partial charge in [0.2, 0.25) is 5.91 Å². The predicted molar refractivity (Wildman–Crippen MR) is 100 cm³/mol. The third-order valence-electron chi connectivity index (χ3n) is 3.78. The van der Waals surface area contributed by atoms with E-state index in [1.807, 2.05) is 32.2 Å².